The number of carbonyl (C=O) groups is 1. The first-order valence-electron chi connectivity index (χ1n) is 8.43. The Bertz CT molecular complexity index is 672. The maximum absolute atomic E-state index is 11.9. The molecule has 0 radical (unpaired) electrons. The van der Waals surface area contributed by atoms with Crippen LogP contribution in [-0.4, -0.2) is 28.0 Å². The van der Waals surface area contributed by atoms with Gasteiger partial charge in [0, 0.05) is 12.4 Å². The minimum absolute atomic E-state index is 0.0719. The van der Waals surface area contributed by atoms with Crippen LogP contribution >= 0.6 is 0 Å². The van der Waals surface area contributed by atoms with Crippen LogP contribution in [0.2, 0.25) is 0 Å². The Morgan fingerprint density at radius 1 is 1.39 bits per heavy atom. The molecule has 0 aromatic carbocycles. The van der Waals surface area contributed by atoms with E-state index in [1.165, 1.54) is 12.8 Å². The average Bonchev–Trinajstić information content (AvgIpc) is 2.97. The van der Waals surface area contributed by atoms with E-state index in [1.54, 1.807) is 0 Å². The van der Waals surface area contributed by atoms with Crippen molar-refractivity contribution in [2.24, 2.45) is 5.92 Å². The van der Waals surface area contributed by atoms with Gasteiger partial charge in [-0.1, -0.05) is 13.0 Å². The normalized spacial score (nSPS) is 21.5. The summed E-state index contributed by atoms with van der Waals surface area (Å²) in [6, 6.07) is 4.02. The number of aryl methyl sites for hydroxylation is 1. The van der Waals surface area contributed by atoms with Crippen LogP contribution in [0.3, 0.4) is 0 Å². The smallest absolute Gasteiger partial charge is 0.246 e. The lowest BCUT2D eigenvalue weighted by Crippen LogP contribution is -2.30. The highest BCUT2D eigenvalue weighted by molar-refractivity contribution is 5.77. The van der Waals surface area contributed by atoms with Gasteiger partial charge in [0.2, 0.25) is 5.91 Å². The van der Waals surface area contributed by atoms with Crippen molar-refractivity contribution in [1.82, 2.24) is 14.7 Å². The Hall–Kier alpha value is -1.88. The molecule has 124 valence electrons. The van der Waals surface area contributed by atoms with E-state index in [0.717, 1.165) is 35.7 Å². The summed E-state index contributed by atoms with van der Waals surface area (Å²) in [6.45, 7) is 4.89. The summed E-state index contributed by atoms with van der Waals surface area (Å²) in [4.78, 5) is 16.5. The molecule has 2 aromatic rings. The molecule has 0 bridgehead atoms. The molecule has 23 heavy (non-hydrogen) atoms. The quantitative estimate of drug-likeness (QED) is 0.923. The molecule has 3 rings (SSSR count). The molecule has 2 heterocycles. The molecule has 1 saturated carbocycles. The highest BCUT2D eigenvalue weighted by Gasteiger charge is 2.19. The molecule has 0 aliphatic heterocycles. The molecule has 1 fully saturated rings. The number of imidazole rings is 1. The predicted molar refractivity (Wildman–Crippen MR) is 89.1 cm³/mol. The van der Waals surface area contributed by atoms with Crippen molar-refractivity contribution in [3.05, 3.63) is 35.8 Å². The van der Waals surface area contributed by atoms with Crippen molar-refractivity contribution in [3.8, 4) is 0 Å². The molecule has 0 saturated heterocycles. The number of hydrogen-bond donors (Lipinski definition) is 1. The molecule has 1 aliphatic rings. The second-order valence-electron chi connectivity index (χ2n) is 6.62. The molecule has 5 nitrogen and oxygen atoms in total. The zero-order chi connectivity index (χ0) is 16.2. The summed E-state index contributed by atoms with van der Waals surface area (Å²) in [5.41, 5.74) is 2.92. The van der Waals surface area contributed by atoms with Crippen molar-refractivity contribution >= 4 is 11.6 Å². The molecule has 0 atom stereocenters. The Balaban J connectivity index is 1.45. The standard InChI is InChI=1S/C18H25N3O2/c1-13-5-7-16(8-6-13)23-12-17(22)19-10-15-11-21-9-3-4-14(2)18(21)20-15/h3-4,9,11,13,16H,5-8,10,12H2,1-2H3,(H,19,22). The third kappa shape index (κ3) is 4.10. The van der Waals surface area contributed by atoms with E-state index in [0.29, 0.717) is 6.54 Å². The van der Waals surface area contributed by atoms with Gasteiger partial charge in [0.15, 0.2) is 0 Å². The molecule has 5 heteroatoms. The van der Waals surface area contributed by atoms with E-state index in [4.69, 9.17) is 4.74 Å². The van der Waals surface area contributed by atoms with Gasteiger partial charge < -0.3 is 14.5 Å². The number of nitrogens with zero attached hydrogens (tertiary/aromatic N) is 2. The van der Waals surface area contributed by atoms with Crippen LogP contribution in [0.1, 0.15) is 43.9 Å². The lowest BCUT2D eigenvalue weighted by atomic mass is 9.89. The maximum atomic E-state index is 11.9. The SMILES string of the molecule is Cc1cccn2cc(CNC(=O)COC3CCC(C)CC3)nc12. The minimum Gasteiger partial charge on any atom is -0.368 e. The van der Waals surface area contributed by atoms with Crippen LogP contribution in [0.15, 0.2) is 24.5 Å². The molecule has 0 unspecified atom stereocenters. The minimum atomic E-state index is -0.0719. The lowest BCUT2D eigenvalue weighted by Gasteiger charge is -2.25. The van der Waals surface area contributed by atoms with Gasteiger partial charge >= 0.3 is 0 Å². The van der Waals surface area contributed by atoms with E-state index < -0.39 is 0 Å². The lowest BCUT2D eigenvalue weighted by molar-refractivity contribution is -0.128. The van der Waals surface area contributed by atoms with Crippen LogP contribution < -0.4 is 5.32 Å². The fourth-order valence-corrected chi connectivity index (χ4v) is 3.12. The fourth-order valence-electron chi connectivity index (χ4n) is 3.12. The number of carbonyl (C=O) groups excluding carboxylic acids is 1. The molecular weight excluding hydrogens is 290 g/mol. The van der Waals surface area contributed by atoms with Crippen molar-refractivity contribution in [2.75, 3.05) is 6.61 Å². The van der Waals surface area contributed by atoms with Gasteiger partial charge in [-0.15, -0.1) is 0 Å². The average molecular weight is 315 g/mol. The van der Waals surface area contributed by atoms with Gasteiger partial charge in [-0.2, -0.15) is 0 Å². The second kappa shape index (κ2) is 7.13. The van der Waals surface area contributed by atoms with Crippen molar-refractivity contribution < 1.29 is 9.53 Å². The summed E-state index contributed by atoms with van der Waals surface area (Å²) in [6.07, 6.45) is 8.70. The van der Waals surface area contributed by atoms with E-state index in [1.807, 2.05) is 35.9 Å². The number of aromatic nitrogens is 2. The van der Waals surface area contributed by atoms with Crippen LogP contribution in [0.5, 0.6) is 0 Å². The van der Waals surface area contributed by atoms with E-state index in [9.17, 15) is 4.79 Å². The predicted octanol–water partition coefficient (Wildman–Crippen LogP) is 2.85. The summed E-state index contributed by atoms with van der Waals surface area (Å²) in [5, 5.41) is 2.89. The number of rotatable bonds is 5. The third-order valence-electron chi connectivity index (χ3n) is 4.61. The topological polar surface area (TPSA) is 55.6 Å². The number of ether oxygens (including phenoxy) is 1. The molecule has 2 aromatic heterocycles. The highest BCUT2D eigenvalue weighted by atomic mass is 16.5. The Kier molecular flexibility index (Phi) is 4.96. The van der Waals surface area contributed by atoms with Gasteiger partial charge in [0.1, 0.15) is 12.3 Å². The van der Waals surface area contributed by atoms with Gasteiger partial charge in [0.05, 0.1) is 18.3 Å². The number of amides is 1. The van der Waals surface area contributed by atoms with Crippen LogP contribution in [-0.2, 0) is 16.1 Å². The highest BCUT2D eigenvalue weighted by Crippen LogP contribution is 2.25. The Morgan fingerprint density at radius 2 is 2.17 bits per heavy atom. The number of fused-ring (bicyclic) bond motifs is 1. The van der Waals surface area contributed by atoms with Crippen molar-refractivity contribution in [3.63, 3.8) is 0 Å². The largest absolute Gasteiger partial charge is 0.368 e. The van der Waals surface area contributed by atoms with Gasteiger partial charge in [-0.05, 0) is 50.2 Å². The van der Waals surface area contributed by atoms with Crippen molar-refractivity contribution in [1.29, 1.82) is 0 Å². The summed E-state index contributed by atoms with van der Waals surface area (Å²) < 4.78 is 7.70. The van der Waals surface area contributed by atoms with Crippen molar-refractivity contribution in [2.45, 2.75) is 52.2 Å². The molecule has 1 amide bonds. The molecule has 1 N–H and O–H groups in total. The second-order valence-corrected chi connectivity index (χ2v) is 6.62. The van der Waals surface area contributed by atoms with E-state index in [-0.39, 0.29) is 18.6 Å². The van der Waals surface area contributed by atoms with Gasteiger partial charge in [0.25, 0.3) is 0 Å². The zero-order valence-corrected chi connectivity index (χ0v) is 13.9. The Labute approximate surface area is 137 Å². The summed E-state index contributed by atoms with van der Waals surface area (Å²) >= 11 is 0. The molecule has 0 spiro atoms. The van der Waals surface area contributed by atoms with Crippen LogP contribution in [0.25, 0.3) is 5.65 Å². The zero-order valence-electron chi connectivity index (χ0n) is 13.9. The van der Waals surface area contributed by atoms with E-state index >= 15 is 0 Å². The maximum Gasteiger partial charge on any atom is 0.246 e. The van der Waals surface area contributed by atoms with Gasteiger partial charge in [-0.25, -0.2) is 4.98 Å². The number of nitrogens with one attached hydrogen (secondary N) is 1. The number of hydrogen-bond acceptors (Lipinski definition) is 3. The Morgan fingerprint density at radius 3 is 2.91 bits per heavy atom. The first kappa shape index (κ1) is 16.0. The monoisotopic (exact) mass is 315 g/mol. The van der Waals surface area contributed by atoms with Crippen LogP contribution in [0.4, 0.5) is 0 Å². The molecular formula is C18H25N3O2. The third-order valence-corrected chi connectivity index (χ3v) is 4.61. The van der Waals surface area contributed by atoms with Crippen LogP contribution in [0, 0.1) is 12.8 Å². The van der Waals surface area contributed by atoms with Gasteiger partial charge in [-0.3, -0.25) is 4.79 Å². The summed E-state index contributed by atoms with van der Waals surface area (Å²) in [7, 11) is 0. The first-order valence-corrected chi connectivity index (χ1v) is 8.43. The molecule has 1 aliphatic carbocycles. The number of pyridine rings is 1. The summed E-state index contributed by atoms with van der Waals surface area (Å²) in [5.74, 6) is 0.722. The first-order chi connectivity index (χ1) is 11.1. The fraction of sp³-hybridized carbons (Fsp3) is 0.556. The van der Waals surface area contributed by atoms with E-state index in [2.05, 4.69) is 17.2 Å².